The molecule has 2 aliphatic carbocycles. The molecule has 2 aliphatic rings. The van der Waals surface area contributed by atoms with Crippen LogP contribution in [0.4, 0.5) is 0 Å². The lowest BCUT2D eigenvalue weighted by atomic mass is 9.92. The molecule has 3 N–H and O–H groups in total. The number of nitrogens with two attached hydrogens (primary N) is 1. The summed E-state index contributed by atoms with van der Waals surface area (Å²) >= 11 is 1.82. The standard InChI is InChI=1S/C17H20N2S/c1-10-12(8-9-20-10)17(19-18)16-14-7-6-11-4-2-3-5-13(11)15(14)16/h2-5,8-9,14-17,19H,6-7,18H2,1H3. The first-order chi connectivity index (χ1) is 9.81. The van der Waals surface area contributed by atoms with Gasteiger partial charge in [-0.3, -0.25) is 11.3 Å². The third-order valence-corrected chi connectivity index (χ3v) is 6.05. The molecular formula is C17H20N2S. The van der Waals surface area contributed by atoms with E-state index in [0.29, 0.717) is 17.9 Å². The molecule has 1 aromatic carbocycles. The highest BCUT2D eigenvalue weighted by molar-refractivity contribution is 7.10. The van der Waals surface area contributed by atoms with Gasteiger partial charge in [-0.25, -0.2) is 0 Å². The van der Waals surface area contributed by atoms with Gasteiger partial charge in [0.15, 0.2) is 0 Å². The quantitative estimate of drug-likeness (QED) is 0.668. The molecule has 20 heavy (non-hydrogen) atoms. The van der Waals surface area contributed by atoms with Crippen LogP contribution in [-0.4, -0.2) is 0 Å². The normalized spacial score (nSPS) is 28.6. The Morgan fingerprint density at radius 2 is 2.15 bits per heavy atom. The molecule has 4 atom stereocenters. The van der Waals surface area contributed by atoms with Crippen LogP contribution in [0.3, 0.4) is 0 Å². The fourth-order valence-corrected chi connectivity index (χ4v) is 4.95. The van der Waals surface area contributed by atoms with E-state index in [9.17, 15) is 0 Å². The van der Waals surface area contributed by atoms with Crippen LogP contribution in [0.1, 0.15) is 39.9 Å². The van der Waals surface area contributed by atoms with E-state index in [0.717, 1.165) is 5.92 Å². The summed E-state index contributed by atoms with van der Waals surface area (Å²) in [7, 11) is 0. The van der Waals surface area contributed by atoms with Gasteiger partial charge in [-0.1, -0.05) is 24.3 Å². The Bertz CT molecular complexity index is 633. The highest BCUT2D eigenvalue weighted by atomic mass is 32.1. The minimum atomic E-state index is 0.308. The van der Waals surface area contributed by atoms with E-state index in [1.54, 1.807) is 11.1 Å². The first kappa shape index (κ1) is 12.6. The molecule has 4 rings (SSSR count). The van der Waals surface area contributed by atoms with Crippen molar-refractivity contribution in [1.82, 2.24) is 5.43 Å². The second-order valence-electron chi connectivity index (χ2n) is 6.08. The molecule has 1 aromatic heterocycles. The molecule has 0 spiro atoms. The van der Waals surface area contributed by atoms with Crippen molar-refractivity contribution in [2.24, 2.45) is 17.7 Å². The zero-order chi connectivity index (χ0) is 13.7. The Morgan fingerprint density at radius 1 is 1.30 bits per heavy atom. The van der Waals surface area contributed by atoms with Crippen molar-refractivity contribution in [2.75, 3.05) is 0 Å². The van der Waals surface area contributed by atoms with Crippen LogP contribution in [0, 0.1) is 18.8 Å². The van der Waals surface area contributed by atoms with Crippen LogP contribution in [0.15, 0.2) is 35.7 Å². The molecule has 1 fully saturated rings. The lowest BCUT2D eigenvalue weighted by Crippen LogP contribution is -2.30. The van der Waals surface area contributed by atoms with Crippen molar-refractivity contribution >= 4 is 11.3 Å². The van der Waals surface area contributed by atoms with Gasteiger partial charge < -0.3 is 0 Å². The Hall–Kier alpha value is -1.16. The number of nitrogens with one attached hydrogen (secondary N) is 1. The van der Waals surface area contributed by atoms with Crippen molar-refractivity contribution in [3.63, 3.8) is 0 Å². The predicted octanol–water partition coefficient (Wildman–Crippen LogP) is 3.54. The van der Waals surface area contributed by atoms with Crippen LogP contribution in [-0.2, 0) is 6.42 Å². The number of fused-ring (bicyclic) bond motifs is 3. The summed E-state index contributed by atoms with van der Waals surface area (Å²) in [6, 6.07) is 11.5. The highest BCUT2D eigenvalue weighted by Crippen LogP contribution is 2.64. The molecule has 104 valence electrons. The maximum absolute atomic E-state index is 5.90. The first-order valence-corrected chi connectivity index (χ1v) is 8.27. The Labute approximate surface area is 124 Å². The van der Waals surface area contributed by atoms with E-state index in [2.05, 4.69) is 48.1 Å². The van der Waals surface area contributed by atoms with Crippen LogP contribution < -0.4 is 11.3 Å². The zero-order valence-electron chi connectivity index (χ0n) is 11.7. The van der Waals surface area contributed by atoms with Gasteiger partial charge in [0.05, 0.1) is 6.04 Å². The van der Waals surface area contributed by atoms with Crippen LogP contribution in [0.5, 0.6) is 0 Å². The second kappa shape index (κ2) is 4.69. The van der Waals surface area contributed by atoms with Crippen LogP contribution >= 0.6 is 11.3 Å². The van der Waals surface area contributed by atoms with Gasteiger partial charge >= 0.3 is 0 Å². The van der Waals surface area contributed by atoms with E-state index in [1.165, 1.54) is 23.3 Å². The Kier molecular flexibility index (Phi) is 2.95. The zero-order valence-corrected chi connectivity index (χ0v) is 12.5. The van der Waals surface area contributed by atoms with Gasteiger partial charge in [-0.2, -0.15) is 0 Å². The molecule has 4 unspecified atom stereocenters. The molecule has 2 aromatic rings. The molecule has 0 radical (unpaired) electrons. The lowest BCUT2D eigenvalue weighted by molar-refractivity contribution is 0.460. The molecule has 3 heteroatoms. The molecule has 0 aliphatic heterocycles. The summed E-state index contributed by atoms with van der Waals surface area (Å²) in [4.78, 5) is 1.39. The summed E-state index contributed by atoms with van der Waals surface area (Å²) in [5, 5.41) is 2.18. The largest absolute Gasteiger partial charge is 0.271 e. The van der Waals surface area contributed by atoms with Crippen molar-refractivity contribution in [3.05, 3.63) is 57.3 Å². The molecule has 1 heterocycles. The number of hydrazine groups is 1. The van der Waals surface area contributed by atoms with Crippen molar-refractivity contribution < 1.29 is 0 Å². The van der Waals surface area contributed by atoms with Gasteiger partial charge in [0.1, 0.15) is 0 Å². The van der Waals surface area contributed by atoms with Crippen molar-refractivity contribution in [2.45, 2.75) is 31.7 Å². The van der Waals surface area contributed by atoms with Gasteiger partial charge in [0.2, 0.25) is 0 Å². The van der Waals surface area contributed by atoms with E-state index in [4.69, 9.17) is 5.84 Å². The number of rotatable bonds is 3. The van der Waals surface area contributed by atoms with Gasteiger partial charge in [-0.05, 0) is 65.7 Å². The van der Waals surface area contributed by atoms with E-state index in [-0.39, 0.29) is 0 Å². The smallest absolute Gasteiger partial charge is 0.0507 e. The third-order valence-electron chi connectivity index (χ3n) is 5.19. The first-order valence-electron chi connectivity index (χ1n) is 7.39. The summed E-state index contributed by atoms with van der Waals surface area (Å²) in [6.07, 6.45) is 2.54. The fraction of sp³-hybridized carbons (Fsp3) is 0.412. The Balaban J connectivity index is 1.67. The van der Waals surface area contributed by atoms with Gasteiger partial charge in [-0.15, -0.1) is 11.3 Å². The average Bonchev–Trinajstić information content (AvgIpc) is 3.06. The fourth-order valence-electron chi connectivity index (χ4n) is 4.20. The van der Waals surface area contributed by atoms with E-state index < -0.39 is 0 Å². The van der Waals surface area contributed by atoms with Crippen molar-refractivity contribution in [1.29, 1.82) is 0 Å². The minimum absolute atomic E-state index is 0.308. The average molecular weight is 284 g/mol. The van der Waals surface area contributed by atoms with Gasteiger partial charge in [0, 0.05) is 4.88 Å². The summed E-state index contributed by atoms with van der Waals surface area (Å²) in [5.41, 5.74) is 7.62. The maximum atomic E-state index is 5.90. The Morgan fingerprint density at radius 3 is 2.90 bits per heavy atom. The van der Waals surface area contributed by atoms with E-state index in [1.807, 2.05) is 11.3 Å². The van der Waals surface area contributed by atoms with Crippen molar-refractivity contribution in [3.8, 4) is 0 Å². The highest BCUT2D eigenvalue weighted by Gasteiger charge is 2.56. The molecule has 1 saturated carbocycles. The number of thiophene rings is 1. The van der Waals surface area contributed by atoms with E-state index >= 15 is 0 Å². The number of hydrogen-bond acceptors (Lipinski definition) is 3. The SMILES string of the molecule is Cc1sccc1C(NN)C1C2CCc3ccccc3C21. The van der Waals surface area contributed by atoms with Gasteiger partial charge in [0.25, 0.3) is 0 Å². The number of benzene rings is 1. The summed E-state index contributed by atoms with van der Waals surface area (Å²) < 4.78 is 0. The lowest BCUT2D eigenvalue weighted by Gasteiger charge is -2.16. The third kappa shape index (κ3) is 1.77. The molecule has 2 nitrogen and oxygen atoms in total. The summed E-state index contributed by atoms with van der Waals surface area (Å²) in [5.74, 6) is 8.09. The number of aryl methyl sites for hydroxylation is 2. The minimum Gasteiger partial charge on any atom is -0.271 e. The topological polar surface area (TPSA) is 38.0 Å². The molecule has 0 saturated heterocycles. The molecule has 0 bridgehead atoms. The predicted molar refractivity (Wildman–Crippen MR) is 83.6 cm³/mol. The second-order valence-corrected chi connectivity index (χ2v) is 7.20. The summed E-state index contributed by atoms with van der Waals surface area (Å²) in [6.45, 7) is 2.20. The monoisotopic (exact) mass is 284 g/mol. The van der Waals surface area contributed by atoms with Crippen LogP contribution in [0.25, 0.3) is 0 Å². The molecular weight excluding hydrogens is 264 g/mol. The number of hydrogen-bond donors (Lipinski definition) is 2. The van der Waals surface area contributed by atoms with Crippen LogP contribution in [0.2, 0.25) is 0 Å². The molecule has 0 amide bonds. The maximum Gasteiger partial charge on any atom is 0.0507 e.